The molecule has 0 atom stereocenters. The summed E-state index contributed by atoms with van der Waals surface area (Å²) >= 11 is 3.02. The van der Waals surface area contributed by atoms with Gasteiger partial charge >= 0.3 is 0 Å². The zero-order chi connectivity index (χ0) is 19.2. The van der Waals surface area contributed by atoms with E-state index in [0.29, 0.717) is 13.2 Å². The van der Waals surface area contributed by atoms with E-state index < -0.39 is 0 Å². The number of carbonyl (C=O) groups excluding carboxylic acids is 1. The second-order valence-corrected chi connectivity index (χ2v) is 8.13. The van der Waals surface area contributed by atoms with Crippen LogP contribution in [0.15, 0.2) is 35.7 Å². The molecule has 0 unspecified atom stereocenters. The Balaban J connectivity index is 1.95. The molecule has 144 valence electrons. The number of ether oxygens (including phenoxy) is 1. The molecule has 3 aromatic rings. The fourth-order valence-electron chi connectivity index (χ4n) is 2.99. The maximum atomic E-state index is 13.1. The van der Waals surface area contributed by atoms with E-state index >= 15 is 0 Å². The van der Waals surface area contributed by atoms with E-state index in [1.807, 2.05) is 47.5 Å². The molecule has 0 bridgehead atoms. The molecule has 2 heterocycles. The maximum Gasteiger partial charge on any atom is 0.270 e. The number of nitrogens with zero attached hydrogens (tertiary/aromatic N) is 2. The van der Waals surface area contributed by atoms with Gasteiger partial charge < -0.3 is 9.64 Å². The van der Waals surface area contributed by atoms with Crippen molar-refractivity contribution < 1.29 is 14.4 Å². The minimum Gasteiger partial charge on any atom is -0.492 e. The van der Waals surface area contributed by atoms with Crippen LogP contribution in [-0.2, 0) is 0 Å². The molecule has 7 heteroatoms. The number of hydrogen-bond donors (Lipinski definition) is 1. The molecule has 1 N–H and O–H groups in total. The van der Waals surface area contributed by atoms with Crippen LogP contribution in [0.3, 0.4) is 0 Å². The molecule has 0 radical (unpaired) electrons. The number of likely N-dealkylation sites (N-methyl/N-ethyl adjacent to an activating group) is 1. The number of thiazole rings is 1. The summed E-state index contributed by atoms with van der Waals surface area (Å²) in [5, 5.41) is 2.68. The number of fused-ring (bicyclic) bond motifs is 1. The van der Waals surface area contributed by atoms with Crippen LogP contribution < -0.4 is 14.5 Å². The molecule has 3 rings (SSSR count). The van der Waals surface area contributed by atoms with Gasteiger partial charge in [-0.1, -0.05) is 23.5 Å². The van der Waals surface area contributed by atoms with Crippen molar-refractivity contribution >= 4 is 43.9 Å². The van der Waals surface area contributed by atoms with Gasteiger partial charge in [0.2, 0.25) is 0 Å². The molecule has 0 saturated carbocycles. The molecular weight excluding hydrogens is 378 g/mol. The first-order valence-corrected chi connectivity index (χ1v) is 11.1. The van der Waals surface area contributed by atoms with Crippen LogP contribution in [0.2, 0.25) is 0 Å². The molecular formula is C20H26N3O2S2+. The highest BCUT2D eigenvalue weighted by Gasteiger charge is 2.24. The molecule has 27 heavy (non-hydrogen) atoms. The lowest BCUT2D eigenvalue weighted by Gasteiger charge is -2.22. The Morgan fingerprint density at radius 3 is 2.67 bits per heavy atom. The summed E-state index contributed by atoms with van der Waals surface area (Å²) in [5.41, 5.74) is 0.832. The van der Waals surface area contributed by atoms with Crippen LogP contribution in [0.4, 0.5) is 5.13 Å². The molecule has 0 aliphatic rings. The number of amides is 1. The van der Waals surface area contributed by atoms with Crippen molar-refractivity contribution in [1.29, 1.82) is 0 Å². The second-order valence-electron chi connectivity index (χ2n) is 6.17. The van der Waals surface area contributed by atoms with Gasteiger partial charge in [0.05, 0.1) is 42.4 Å². The van der Waals surface area contributed by atoms with Crippen LogP contribution in [0.1, 0.15) is 30.4 Å². The number of para-hydroxylation sites is 1. The van der Waals surface area contributed by atoms with Gasteiger partial charge in [-0.2, -0.15) is 0 Å². The molecule has 0 saturated heterocycles. The van der Waals surface area contributed by atoms with Gasteiger partial charge in [0.1, 0.15) is 11.3 Å². The summed E-state index contributed by atoms with van der Waals surface area (Å²) in [6, 6.07) is 9.73. The summed E-state index contributed by atoms with van der Waals surface area (Å²) < 4.78 is 6.75. The number of quaternary nitrogens is 1. The molecule has 0 aliphatic heterocycles. The van der Waals surface area contributed by atoms with Crippen molar-refractivity contribution in [2.24, 2.45) is 0 Å². The number of benzene rings is 1. The van der Waals surface area contributed by atoms with E-state index in [9.17, 15) is 4.79 Å². The van der Waals surface area contributed by atoms with Crippen molar-refractivity contribution in [1.82, 2.24) is 4.98 Å². The monoisotopic (exact) mass is 404 g/mol. The van der Waals surface area contributed by atoms with Crippen molar-refractivity contribution in [2.75, 3.05) is 37.7 Å². The third-order valence-corrected chi connectivity index (χ3v) is 6.47. The summed E-state index contributed by atoms with van der Waals surface area (Å²) in [4.78, 5) is 22.0. The molecule has 5 nitrogen and oxygen atoms in total. The SMILES string of the molecule is CCOc1cccc2sc(N(CC[NH+](CC)CC)C(=O)c3cccs3)nc12. The summed E-state index contributed by atoms with van der Waals surface area (Å²) in [6.45, 7) is 10.6. The predicted octanol–water partition coefficient (Wildman–Crippen LogP) is 3.33. The largest absolute Gasteiger partial charge is 0.492 e. The van der Waals surface area contributed by atoms with Gasteiger partial charge in [-0.3, -0.25) is 9.69 Å². The van der Waals surface area contributed by atoms with E-state index in [0.717, 1.165) is 45.6 Å². The van der Waals surface area contributed by atoms with Crippen LogP contribution >= 0.6 is 22.7 Å². The minimum absolute atomic E-state index is 0.0218. The van der Waals surface area contributed by atoms with E-state index in [1.165, 1.54) is 16.2 Å². The number of rotatable bonds is 9. The summed E-state index contributed by atoms with van der Waals surface area (Å²) in [5.74, 6) is 0.795. The number of thiophene rings is 1. The molecule has 0 fully saturated rings. The van der Waals surface area contributed by atoms with E-state index in [2.05, 4.69) is 13.8 Å². The lowest BCUT2D eigenvalue weighted by molar-refractivity contribution is -0.894. The molecule has 1 amide bonds. The Labute approximate surface area is 168 Å². The highest BCUT2D eigenvalue weighted by molar-refractivity contribution is 7.22. The number of anilines is 1. The fraction of sp³-hybridized carbons (Fsp3) is 0.400. The van der Waals surface area contributed by atoms with Crippen LogP contribution in [0.25, 0.3) is 10.2 Å². The van der Waals surface area contributed by atoms with Gasteiger partial charge in [0, 0.05) is 0 Å². The van der Waals surface area contributed by atoms with Crippen molar-refractivity contribution in [3.8, 4) is 5.75 Å². The third-order valence-electron chi connectivity index (χ3n) is 4.57. The Hall–Kier alpha value is -1.96. The number of nitrogens with one attached hydrogen (secondary N) is 1. The average Bonchev–Trinajstić information content (AvgIpc) is 3.35. The molecule has 0 spiro atoms. The molecule has 2 aromatic heterocycles. The molecule has 1 aromatic carbocycles. The highest BCUT2D eigenvalue weighted by Crippen LogP contribution is 2.34. The van der Waals surface area contributed by atoms with Crippen LogP contribution in [0.5, 0.6) is 5.75 Å². The predicted molar refractivity (Wildman–Crippen MR) is 114 cm³/mol. The van der Waals surface area contributed by atoms with Gasteiger partial charge in [-0.15, -0.1) is 11.3 Å². The lowest BCUT2D eigenvalue weighted by Crippen LogP contribution is -3.12. The smallest absolute Gasteiger partial charge is 0.270 e. The standard InChI is InChI=1S/C20H25N3O2S2/c1-4-22(5-2)12-13-23(19(24)17-11-8-14-26-17)20-21-18-15(25-6-3)9-7-10-16(18)27-20/h7-11,14H,4-6,12-13H2,1-3H3/p+1. The fourth-order valence-corrected chi connectivity index (χ4v) is 4.67. The van der Waals surface area contributed by atoms with E-state index in [-0.39, 0.29) is 5.91 Å². The lowest BCUT2D eigenvalue weighted by atomic mass is 10.3. The number of carbonyl (C=O) groups is 1. The Morgan fingerprint density at radius 2 is 2.00 bits per heavy atom. The van der Waals surface area contributed by atoms with Gasteiger partial charge in [0.25, 0.3) is 5.91 Å². The zero-order valence-corrected chi connectivity index (χ0v) is 17.7. The van der Waals surface area contributed by atoms with Crippen molar-refractivity contribution in [3.05, 3.63) is 40.6 Å². The average molecular weight is 405 g/mol. The highest BCUT2D eigenvalue weighted by atomic mass is 32.1. The molecule has 0 aliphatic carbocycles. The number of hydrogen-bond acceptors (Lipinski definition) is 5. The van der Waals surface area contributed by atoms with Crippen molar-refractivity contribution in [3.63, 3.8) is 0 Å². The summed E-state index contributed by atoms with van der Waals surface area (Å²) in [6.07, 6.45) is 0. The van der Waals surface area contributed by atoms with Crippen LogP contribution in [0, 0.1) is 0 Å². The van der Waals surface area contributed by atoms with Gasteiger partial charge in [-0.05, 0) is 44.4 Å². The van der Waals surface area contributed by atoms with Crippen molar-refractivity contribution in [2.45, 2.75) is 20.8 Å². The van der Waals surface area contributed by atoms with Crippen LogP contribution in [-0.4, -0.2) is 43.7 Å². The second kappa shape index (κ2) is 9.30. The minimum atomic E-state index is 0.0218. The quantitative estimate of drug-likeness (QED) is 0.595. The Bertz CT molecular complexity index is 873. The Kier molecular flexibility index (Phi) is 6.82. The maximum absolute atomic E-state index is 13.1. The topological polar surface area (TPSA) is 46.9 Å². The van der Waals surface area contributed by atoms with Gasteiger partial charge in [0.15, 0.2) is 5.13 Å². The van der Waals surface area contributed by atoms with E-state index in [1.54, 1.807) is 11.3 Å². The first kappa shape index (κ1) is 19.8. The first-order chi connectivity index (χ1) is 13.2. The zero-order valence-electron chi connectivity index (χ0n) is 16.0. The van der Waals surface area contributed by atoms with E-state index in [4.69, 9.17) is 9.72 Å². The number of aromatic nitrogens is 1. The Morgan fingerprint density at radius 1 is 1.19 bits per heavy atom. The third kappa shape index (κ3) is 4.48. The summed E-state index contributed by atoms with van der Waals surface area (Å²) in [7, 11) is 0. The normalized spacial score (nSPS) is 11.3. The first-order valence-electron chi connectivity index (χ1n) is 9.39. The van der Waals surface area contributed by atoms with Gasteiger partial charge in [-0.25, -0.2) is 4.98 Å².